The predicted molar refractivity (Wildman–Crippen MR) is 170 cm³/mol. The van der Waals surface area contributed by atoms with Crippen molar-refractivity contribution in [3.8, 4) is 0 Å². The van der Waals surface area contributed by atoms with E-state index < -0.39 is 98.7 Å². The molecule has 0 radical (unpaired) electrons. The number of nitrogens with zero attached hydrogens (tertiary/aromatic N) is 6. The van der Waals surface area contributed by atoms with Gasteiger partial charge in [0.2, 0.25) is 5.95 Å². The van der Waals surface area contributed by atoms with E-state index >= 15 is 0 Å². The van der Waals surface area contributed by atoms with Crippen molar-refractivity contribution in [3.63, 3.8) is 0 Å². The summed E-state index contributed by atoms with van der Waals surface area (Å²) in [4.78, 5) is 84.1. The molecule has 6 heterocycles. The van der Waals surface area contributed by atoms with Gasteiger partial charge in [0.25, 0.3) is 5.56 Å². The number of aromatic nitrogens is 8. The van der Waals surface area contributed by atoms with Gasteiger partial charge >= 0.3 is 37.0 Å². The molecule has 0 saturated carbocycles. The van der Waals surface area contributed by atoms with Crippen LogP contribution >= 0.6 is 31.3 Å². The molecule has 2 fully saturated rings. The Morgan fingerprint density at radius 2 is 1.43 bits per heavy atom. The first-order valence-corrected chi connectivity index (χ1v) is 20.6. The summed E-state index contributed by atoms with van der Waals surface area (Å²) >= 11 is 0. The Labute approximate surface area is 296 Å². The van der Waals surface area contributed by atoms with Crippen LogP contribution in [0.15, 0.2) is 22.2 Å². The highest BCUT2D eigenvalue weighted by Gasteiger charge is 2.49. The van der Waals surface area contributed by atoms with Gasteiger partial charge in [0.1, 0.15) is 42.5 Å². The smallest absolute Gasteiger partial charge is 0.390 e. The average Bonchev–Trinajstić information content (AvgIpc) is 3.78. The van der Waals surface area contributed by atoms with Crippen LogP contribution in [0.4, 0.5) is 11.8 Å². The third-order valence-electron chi connectivity index (χ3n) is 7.51. The summed E-state index contributed by atoms with van der Waals surface area (Å²) in [5, 5.41) is 31.3. The Bertz CT molecular complexity index is 2380. The maximum atomic E-state index is 12.5. The Hall–Kier alpha value is -3.34. The van der Waals surface area contributed by atoms with Crippen LogP contribution in [0.1, 0.15) is 18.9 Å². The largest absolute Gasteiger partial charge is 0.490 e. The average molecular weight is 852 g/mol. The minimum atomic E-state index is -6.21. The van der Waals surface area contributed by atoms with Gasteiger partial charge in [-0.05, 0) is 0 Å². The zero-order valence-electron chi connectivity index (χ0n) is 26.4. The molecule has 54 heavy (non-hydrogen) atoms. The van der Waals surface area contributed by atoms with E-state index in [4.69, 9.17) is 20.9 Å². The van der Waals surface area contributed by atoms with Crippen molar-refractivity contribution >= 4 is 65.4 Å². The number of nitrogen functional groups attached to an aromatic ring is 2. The molecular weight excluding hydrogens is 824 g/mol. The van der Waals surface area contributed by atoms with Gasteiger partial charge in [-0.15, -0.1) is 0 Å². The Kier molecular flexibility index (Phi) is 10.9. The lowest BCUT2D eigenvalue weighted by Gasteiger charge is -2.21. The minimum Gasteiger partial charge on any atom is -0.390 e. The molecule has 298 valence electrons. The lowest BCUT2D eigenvalue weighted by molar-refractivity contribution is -0.0503. The first-order valence-electron chi connectivity index (χ1n) is 14.6. The van der Waals surface area contributed by atoms with Crippen molar-refractivity contribution in [1.29, 1.82) is 0 Å². The van der Waals surface area contributed by atoms with E-state index in [2.05, 4.69) is 51.9 Å². The molecule has 0 aromatic carbocycles. The van der Waals surface area contributed by atoms with Crippen LogP contribution in [0.5, 0.6) is 0 Å². The molecule has 2 saturated heterocycles. The Balaban J connectivity index is 1.02. The number of rotatable bonds is 14. The zero-order chi connectivity index (χ0) is 39.5. The highest BCUT2D eigenvalue weighted by atomic mass is 31.3. The molecule has 2 aliphatic heterocycles. The highest BCUT2D eigenvalue weighted by molar-refractivity contribution is 7.69. The second kappa shape index (κ2) is 14.6. The summed E-state index contributed by atoms with van der Waals surface area (Å²) in [7, 11) is -24.0. The molecule has 11 atom stereocenters. The molecular formula is C20H28N10O20P4. The van der Waals surface area contributed by atoms with Gasteiger partial charge < -0.3 is 55.8 Å². The second-order valence-electron chi connectivity index (χ2n) is 11.2. The number of aromatic amines is 2. The molecule has 6 rings (SSSR count). The van der Waals surface area contributed by atoms with Gasteiger partial charge in [-0.3, -0.25) is 28.4 Å². The van der Waals surface area contributed by atoms with Crippen LogP contribution in [-0.4, -0.2) is 118 Å². The fourth-order valence-electron chi connectivity index (χ4n) is 5.28. The van der Waals surface area contributed by atoms with Crippen LogP contribution in [0.3, 0.4) is 0 Å². The zero-order valence-corrected chi connectivity index (χ0v) is 30.0. The molecule has 0 spiro atoms. The Morgan fingerprint density at radius 1 is 0.815 bits per heavy atom. The number of fused-ring (bicyclic) bond motifs is 2. The van der Waals surface area contributed by atoms with Gasteiger partial charge in [-0.1, -0.05) is 0 Å². The van der Waals surface area contributed by atoms with Crippen LogP contribution in [0.25, 0.3) is 22.3 Å². The predicted octanol–water partition coefficient (Wildman–Crippen LogP) is -2.83. The maximum Gasteiger partial charge on any atom is 0.490 e. The summed E-state index contributed by atoms with van der Waals surface area (Å²) < 4.78 is 83.0. The normalized spacial score (nSPS) is 29.2. The van der Waals surface area contributed by atoms with Gasteiger partial charge in [0, 0.05) is 6.42 Å². The number of phosphoric ester groups is 2. The third-order valence-corrected chi connectivity index (χ3v) is 13.4. The monoisotopic (exact) mass is 852 g/mol. The van der Waals surface area contributed by atoms with E-state index in [9.17, 15) is 62.7 Å². The van der Waals surface area contributed by atoms with Crippen molar-refractivity contribution in [2.45, 2.75) is 49.4 Å². The summed E-state index contributed by atoms with van der Waals surface area (Å²) in [6.45, 7) is -2.21. The van der Waals surface area contributed by atoms with Crippen LogP contribution in [-0.2, 0) is 49.7 Å². The number of nitrogens with one attached hydrogen (secondary N) is 2. The number of hydrogen-bond donors (Lipinski definition) is 11. The maximum absolute atomic E-state index is 12.5. The van der Waals surface area contributed by atoms with E-state index in [0.29, 0.717) is 0 Å². The number of aliphatic hydroxyl groups excluding tert-OH is 3. The van der Waals surface area contributed by atoms with Crippen molar-refractivity contribution in [1.82, 2.24) is 39.0 Å². The van der Waals surface area contributed by atoms with Crippen LogP contribution in [0.2, 0.25) is 0 Å². The van der Waals surface area contributed by atoms with Gasteiger partial charge in [-0.2, -0.15) is 17.9 Å². The first-order chi connectivity index (χ1) is 25.1. The quantitative estimate of drug-likeness (QED) is 0.0569. The topological polar surface area (TPSA) is 454 Å². The number of nitrogens with two attached hydrogens (primary N) is 2. The summed E-state index contributed by atoms with van der Waals surface area (Å²) in [6, 6.07) is 0. The lowest BCUT2D eigenvalue weighted by atomic mass is 10.1. The molecule has 0 amide bonds. The van der Waals surface area contributed by atoms with Crippen molar-refractivity contribution < 1.29 is 84.6 Å². The number of aliphatic hydroxyl groups is 3. The molecule has 4 aromatic rings. The fourth-order valence-corrected chi connectivity index (χ4v) is 10.2. The standard InChI is InChI=1S/C20H28N10O20P4/c21-14-10-15(24-4-23-14)29(5-25-10)18-13(33)12(32)8(47-18)3-45-52(38,39)49-54(42,43)50-53(40,41)48-51(36,37)44-2-7-6(31)1-9(46-7)30-16-11(26-20(30)35)17(34)28-19(22)27-16/h4-9,12-13,18,31-33H,1-3H2,(H,26,35)(H,36,37)(H,38,39)(H,40,41)(H,42,43)(H2,21,23,24)(H3,22,27,28,34)/t6-,7?,8-,9?,12+,13+,18-/m1/s1. The molecule has 30 nitrogen and oxygen atoms in total. The number of phosphoric acid groups is 4. The van der Waals surface area contributed by atoms with E-state index in [1.54, 1.807) is 0 Å². The molecule has 13 N–H and O–H groups in total. The molecule has 0 bridgehead atoms. The second-order valence-corrected chi connectivity index (χ2v) is 17.4. The number of ether oxygens (including phenoxy) is 2. The molecule has 34 heteroatoms. The highest BCUT2D eigenvalue weighted by Crippen LogP contribution is 2.71. The first kappa shape index (κ1) is 40.3. The van der Waals surface area contributed by atoms with E-state index in [1.165, 1.54) is 0 Å². The van der Waals surface area contributed by atoms with Crippen molar-refractivity contribution in [2.24, 2.45) is 0 Å². The third kappa shape index (κ3) is 8.56. The van der Waals surface area contributed by atoms with Gasteiger partial charge in [-0.25, -0.2) is 42.6 Å². The summed E-state index contributed by atoms with van der Waals surface area (Å²) in [5.74, 6) is -0.384. The molecule has 0 aliphatic carbocycles. The molecule has 2 aliphatic rings. The molecule has 4 aromatic heterocycles. The number of imidazole rings is 2. The number of hydrogen-bond acceptors (Lipinski definition) is 22. The van der Waals surface area contributed by atoms with E-state index in [0.717, 1.165) is 21.8 Å². The number of anilines is 2. The summed E-state index contributed by atoms with van der Waals surface area (Å²) in [6.07, 6.45) is -9.12. The van der Waals surface area contributed by atoms with E-state index in [1.807, 2.05) is 0 Å². The Morgan fingerprint density at radius 3 is 2.07 bits per heavy atom. The van der Waals surface area contributed by atoms with Crippen molar-refractivity contribution in [2.75, 3.05) is 24.7 Å². The van der Waals surface area contributed by atoms with Crippen molar-refractivity contribution in [3.05, 3.63) is 33.5 Å². The van der Waals surface area contributed by atoms with Crippen LogP contribution in [0, 0.1) is 0 Å². The lowest BCUT2D eigenvalue weighted by Crippen LogP contribution is -2.33. The SMILES string of the molecule is Nc1nc2c([nH]c(=O)n2C2C[C@@H](O)C(COP(=O)(O)OP(=O)(O)OP(=O)(O)OP(=O)(O)OC[C@H]3O[C@@H](n4cnc5c(N)ncnc54)[C@@H](O)[C@H]3O)O2)c(=O)[nH]1. The van der Waals surface area contributed by atoms with Gasteiger partial charge in [0.05, 0.1) is 25.6 Å². The van der Waals surface area contributed by atoms with Crippen LogP contribution < -0.4 is 22.7 Å². The summed E-state index contributed by atoms with van der Waals surface area (Å²) in [5.41, 5.74) is 9.17. The fraction of sp³-hybridized carbons (Fsp3) is 0.500. The number of H-pyrrole nitrogens is 2. The van der Waals surface area contributed by atoms with E-state index in [-0.39, 0.29) is 40.5 Å². The minimum absolute atomic E-state index is 0.0200. The van der Waals surface area contributed by atoms with Gasteiger partial charge in [0.15, 0.2) is 28.9 Å². The molecule has 6 unspecified atom stereocenters.